The van der Waals surface area contributed by atoms with Crippen molar-refractivity contribution in [2.24, 2.45) is 0 Å². The van der Waals surface area contributed by atoms with E-state index in [1.807, 2.05) is 32.0 Å². The lowest BCUT2D eigenvalue weighted by atomic mass is 10.1. The van der Waals surface area contributed by atoms with E-state index in [1.54, 1.807) is 12.1 Å². The molecular formula is C17H19FN2O. The van der Waals surface area contributed by atoms with Crippen molar-refractivity contribution in [2.75, 3.05) is 11.9 Å². The first kappa shape index (κ1) is 15.0. The van der Waals surface area contributed by atoms with Gasteiger partial charge in [-0.1, -0.05) is 24.3 Å². The van der Waals surface area contributed by atoms with Gasteiger partial charge in [-0.3, -0.25) is 4.79 Å². The van der Waals surface area contributed by atoms with Gasteiger partial charge in [-0.2, -0.15) is 0 Å². The Kier molecular flexibility index (Phi) is 4.93. The van der Waals surface area contributed by atoms with Gasteiger partial charge in [-0.15, -0.1) is 0 Å². The van der Waals surface area contributed by atoms with E-state index in [-0.39, 0.29) is 18.3 Å². The quantitative estimate of drug-likeness (QED) is 0.886. The molecule has 0 saturated carbocycles. The number of aryl methyl sites for hydroxylation is 2. The predicted molar refractivity (Wildman–Crippen MR) is 82.7 cm³/mol. The topological polar surface area (TPSA) is 41.1 Å². The number of hydrogen-bond acceptors (Lipinski definition) is 2. The standard InChI is InChI=1S/C17H19FN2O/c1-12-3-4-13(2)16(9-12)19-11-17(21)20-10-14-5-7-15(18)8-6-14/h3-9,19H,10-11H2,1-2H3,(H,20,21). The van der Waals surface area contributed by atoms with Gasteiger partial charge >= 0.3 is 0 Å². The lowest BCUT2D eigenvalue weighted by Gasteiger charge is -2.11. The summed E-state index contributed by atoms with van der Waals surface area (Å²) >= 11 is 0. The zero-order valence-electron chi connectivity index (χ0n) is 12.2. The van der Waals surface area contributed by atoms with E-state index in [9.17, 15) is 9.18 Å². The van der Waals surface area contributed by atoms with Crippen molar-refractivity contribution in [3.63, 3.8) is 0 Å². The Labute approximate surface area is 124 Å². The average Bonchev–Trinajstić information content (AvgIpc) is 2.47. The molecule has 0 radical (unpaired) electrons. The molecule has 1 amide bonds. The molecule has 2 aromatic carbocycles. The molecule has 0 aromatic heterocycles. The highest BCUT2D eigenvalue weighted by Gasteiger charge is 2.03. The van der Waals surface area contributed by atoms with Crippen LogP contribution in [0.4, 0.5) is 10.1 Å². The Hall–Kier alpha value is -2.36. The normalized spacial score (nSPS) is 10.2. The molecule has 2 rings (SSSR count). The minimum atomic E-state index is -0.276. The largest absolute Gasteiger partial charge is 0.376 e. The third-order valence-electron chi connectivity index (χ3n) is 3.24. The maximum absolute atomic E-state index is 12.8. The van der Waals surface area contributed by atoms with Crippen molar-refractivity contribution in [2.45, 2.75) is 20.4 Å². The van der Waals surface area contributed by atoms with Crippen molar-refractivity contribution in [1.29, 1.82) is 0 Å². The highest BCUT2D eigenvalue weighted by Crippen LogP contribution is 2.15. The van der Waals surface area contributed by atoms with Gasteiger partial charge in [0.2, 0.25) is 5.91 Å². The Bertz CT molecular complexity index is 623. The number of carbonyl (C=O) groups excluding carboxylic acids is 1. The lowest BCUT2D eigenvalue weighted by molar-refractivity contribution is -0.119. The highest BCUT2D eigenvalue weighted by molar-refractivity contribution is 5.81. The summed E-state index contributed by atoms with van der Waals surface area (Å²) in [6, 6.07) is 12.2. The maximum atomic E-state index is 12.8. The van der Waals surface area contributed by atoms with Crippen LogP contribution in [0.15, 0.2) is 42.5 Å². The Morgan fingerprint density at radius 1 is 1.10 bits per heavy atom. The molecule has 0 aliphatic heterocycles. The van der Waals surface area contributed by atoms with Gasteiger partial charge < -0.3 is 10.6 Å². The van der Waals surface area contributed by atoms with E-state index in [0.717, 1.165) is 22.4 Å². The lowest BCUT2D eigenvalue weighted by Crippen LogP contribution is -2.29. The fraction of sp³-hybridized carbons (Fsp3) is 0.235. The molecule has 21 heavy (non-hydrogen) atoms. The van der Waals surface area contributed by atoms with Crippen LogP contribution in [-0.2, 0) is 11.3 Å². The summed E-state index contributed by atoms with van der Waals surface area (Å²) in [5.41, 5.74) is 4.09. The smallest absolute Gasteiger partial charge is 0.239 e. The van der Waals surface area contributed by atoms with Gasteiger partial charge in [0.1, 0.15) is 5.82 Å². The number of halogens is 1. The zero-order valence-corrected chi connectivity index (χ0v) is 12.2. The monoisotopic (exact) mass is 286 g/mol. The molecular weight excluding hydrogens is 267 g/mol. The van der Waals surface area contributed by atoms with Gasteiger partial charge in [0.05, 0.1) is 6.54 Å². The molecule has 0 aliphatic rings. The van der Waals surface area contributed by atoms with Gasteiger partial charge in [0, 0.05) is 12.2 Å². The predicted octanol–water partition coefficient (Wildman–Crippen LogP) is 3.17. The fourth-order valence-electron chi connectivity index (χ4n) is 1.97. The summed E-state index contributed by atoms with van der Waals surface area (Å²) in [6.07, 6.45) is 0. The second-order valence-corrected chi connectivity index (χ2v) is 5.08. The van der Waals surface area contributed by atoms with E-state index in [1.165, 1.54) is 12.1 Å². The van der Waals surface area contributed by atoms with Gasteiger partial charge in [-0.25, -0.2) is 4.39 Å². The van der Waals surface area contributed by atoms with Gasteiger partial charge in [0.15, 0.2) is 0 Å². The number of amides is 1. The van der Waals surface area contributed by atoms with Crippen LogP contribution in [-0.4, -0.2) is 12.5 Å². The number of hydrogen-bond donors (Lipinski definition) is 2. The molecule has 4 heteroatoms. The summed E-state index contributed by atoms with van der Waals surface area (Å²) in [5.74, 6) is -0.373. The van der Waals surface area contributed by atoms with Gasteiger partial charge in [-0.05, 0) is 48.7 Å². The van der Waals surface area contributed by atoms with Crippen LogP contribution < -0.4 is 10.6 Å². The van der Waals surface area contributed by atoms with Crippen LogP contribution in [0.5, 0.6) is 0 Å². The molecule has 110 valence electrons. The molecule has 0 fully saturated rings. The first-order chi connectivity index (χ1) is 10.0. The summed E-state index contributed by atoms with van der Waals surface area (Å²) in [6.45, 7) is 4.62. The Morgan fingerprint density at radius 2 is 1.81 bits per heavy atom. The minimum absolute atomic E-state index is 0.0970. The summed E-state index contributed by atoms with van der Waals surface area (Å²) in [5, 5.41) is 5.93. The van der Waals surface area contributed by atoms with E-state index < -0.39 is 0 Å². The van der Waals surface area contributed by atoms with E-state index >= 15 is 0 Å². The molecule has 0 aliphatic carbocycles. The third-order valence-corrected chi connectivity index (χ3v) is 3.24. The summed E-state index contributed by atoms with van der Waals surface area (Å²) < 4.78 is 12.8. The molecule has 0 unspecified atom stereocenters. The Morgan fingerprint density at radius 3 is 2.52 bits per heavy atom. The SMILES string of the molecule is Cc1ccc(C)c(NCC(=O)NCc2ccc(F)cc2)c1. The van der Waals surface area contributed by atoms with Crippen LogP contribution >= 0.6 is 0 Å². The highest BCUT2D eigenvalue weighted by atomic mass is 19.1. The van der Waals surface area contributed by atoms with Crippen LogP contribution in [0.3, 0.4) is 0 Å². The van der Waals surface area contributed by atoms with Crippen molar-refractivity contribution in [3.8, 4) is 0 Å². The maximum Gasteiger partial charge on any atom is 0.239 e. The van der Waals surface area contributed by atoms with E-state index in [0.29, 0.717) is 6.54 Å². The summed E-state index contributed by atoms with van der Waals surface area (Å²) in [7, 11) is 0. The molecule has 2 aromatic rings. The van der Waals surface area contributed by atoms with Gasteiger partial charge in [0.25, 0.3) is 0 Å². The number of anilines is 1. The molecule has 2 N–H and O–H groups in total. The zero-order chi connectivity index (χ0) is 15.2. The van der Waals surface area contributed by atoms with Crippen molar-refractivity contribution >= 4 is 11.6 Å². The minimum Gasteiger partial charge on any atom is -0.376 e. The summed E-state index contributed by atoms with van der Waals surface area (Å²) in [4.78, 5) is 11.8. The Balaban J connectivity index is 1.82. The fourth-order valence-corrected chi connectivity index (χ4v) is 1.97. The second kappa shape index (κ2) is 6.88. The van der Waals surface area contributed by atoms with Crippen molar-refractivity contribution in [1.82, 2.24) is 5.32 Å². The van der Waals surface area contributed by atoms with Crippen LogP contribution in [0.25, 0.3) is 0 Å². The average molecular weight is 286 g/mol. The van der Waals surface area contributed by atoms with Crippen LogP contribution in [0, 0.1) is 19.7 Å². The first-order valence-electron chi connectivity index (χ1n) is 6.87. The number of rotatable bonds is 5. The van der Waals surface area contributed by atoms with Crippen LogP contribution in [0.1, 0.15) is 16.7 Å². The third kappa shape index (κ3) is 4.60. The first-order valence-corrected chi connectivity index (χ1v) is 6.87. The van der Waals surface area contributed by atoms with Crippen molar-refractivity contribution in [3.05, 3.63) is 65.0 Å². The molecule has 0 saturated heterocycles. The molecule has 0 atom stereocenters. The molecule has 3 nitrogen and oxygen atoms in total. The van der Waals surface area contributed by atoms with E-state index in [2.05, 4.69) is 10.6 Å². The molecule has 0 spiro atoms. The van der Waals surface area contributed by atoms with Crippen molar-refractivity contribution < 1.29 is 9.18 Å². The molecule has 0 bridgehead atoms. The van der Waals surface area contributed by atoms with E-state index in [4.69, 9.17) is 0 Å². The number of benzene rings is 2. The van der Waals surface area contributed by atoms with Crippen LogP contribution in [0.2, 0.25) is 0 Å². The number of nitrogens with one attached hydrogen (secondary N) is 2. The second-order valence-electron chi connectivity index (χ2n) is 5.08. The number of carbonyl (C=O) groups is 1. The molecule has 0 heterocycles.